The maximum Gasteiger partial charge on any atom is 0.167 e. The van der Waals surface area contributed by atoms with Crippen LogP contribution in [-0.4, -0.2) is 7.11 Å². The molecule has 0 bridgehead atoms. The Morgan fingerprint density at radius 1 is 1.00 bits per heavy atom. The summed E-state index contributed by atoms with van der Waals surface area (Å²) in [5.74, 6) is 1.37. The van der Waals surface area contributed by atoms with Crippen LogP contribution in [0.2, 0.25) is 10.0 Å². The molecule has 0 aliphatic rings. The molecule has 0 heterocycles. The molecule has 3 rings (SSSR count). The van der Waals surface area contributed by atoms with E-state index in [1.807, 2.05) is 36.4 Å². The summed E-state index contributed by atoms with van der Waals surface area (Å²) in [5, 5.41) is 4.51. The van der Waals surface area contributed by atoms with Gasteiger partial charge >= 0.3 is 0 Å². The Bertz CT molecular complexity index is 958. The molecule has 0 saturated carbocycles. The second-order valence-electron chi connectivity index (χ2n) is 6.28. The first-order chi connectivity index (χ1) is 13.5. The van der Waals surface area contributed by atoms with Crippen LogP contribution < -0.4 is 14.8 Å². The fourth-order valence-electron chi connectivity index (χ4n) is 2.83. The van der Waals surface area contributed by atoms with Crippen LogP contribution >= 0.6 is 39.1 Å². The third-order valence-electron chi connectivity index (χ3n) is 4.35. The summed E-state index contributed by atoms with van der Waals surface area (Å²) < 4.78 is 12.7. The molecule has 1 N–H and O–H groups in total. The van der Waals surface area contributed by atoms with E-state index in [1.165, 1.54) is 5.56 Å². The van der Waals surface area contributed by atoms with Crippen LogP contribution in [0.25, 0.3) is 0 Å². The Balaban J connectivity index is 1.86. The lowest BCUT2D eigenvalue weighted by Crippen LogP contribution is -2.07. The first-order valence-corrected chi connectivity index (χ1v) is 10.3. The molecule has 28 heavy (non-hydrogen) atoms. The largest absolute Gasteiger partial charge is 0.493 e. The summed E-state index contributed by atoms with van der Waals surface area (Å²) in [6.07, 6.45) is 0. The number of halogens is 3. The molecule has 0 atom stereocenters. The van der Waals surface area contributed by atoms with Crippen molar-refractivity contribution >= 4 is 44.8 Å². The molecule has 3 aromatic carbocycles. The molecule has 0 spiro atoms. The Kier molecular flexibility index (Phi) is 7.11. The van der Waals surface area contributed by atoms with Gasteiger partial charge in [0.2, 0.25) is 0 Å². The molecular weight excluding hydrogens is 461 g/mol. The van der Waals surface area contributed by atoms with E-state index in [1.54, 1.807) is 13.2 Å². The zero-order valence-corrected chi connectivity index (χ0v) is 18.7. The van der Waals surface area contributed by atoms with Gasteiger partial charge in [0.15, 0.2) is 11.5 Å². The monoisotopic (exact) mass is 479 g/mol. The predicted octanol–water partition coefficient (Wildman–Crippen LogP) is 7.26. The zero-order valence-electron chi connectivity index (χ0n) is 15.6. The summed E-state index contributed by atoms with van der Waals surface area (Å²) in [7, 11) is 1.64. The van der Waals surface area contributed by atoms with E-state index in [2.05, 4.69) is 40.3 Å². The Labute approximate surface area is 183 Å². The minimum atomic E-state index is 0.454. The maximum absolute atomic E-state index is 6.20. The summed E-state index contributed by atoms with van der Waals surface area (Å²) in [5.41, 5.74) is 4.09. The number of nitrogens with one attached hydrogen (secondary N) is 1. The van der Waals surface area contributed by atoms with Gasteiger partial charge in [0.05, 0.1) is 7.11 Å². The summed E-state index contributed by atoms with van der Waals surface area (Å²) in [4.78, 5) is 0. The number of anilines is 1. The minimum absolute atomic E-state index is 0.454. The van der Waals surface area contributed by atoms with Gasteiger partial charge in [-0.15, -0.1) is 0 Å². The van der Waals surface area contributed by atoms with Gasteiger partial charge in [0.25, 0.3) is 0 Å². The maximum atomic E-state index is 6.20. The molecule has 6 heteroatoms. The van der Waals surface area contributed by atoms with Crippen molar-refractivity contribution in [2.24, 2.45) is 0 Å². The number of hydrogen-bond acceptors (Lipinski definition) is 3. The van der Waals surface area contributed by atoms with Crippen LogP contribution in [-0.2, 0) is 13.2 Å². The van der Waals surface area contributed by atoms with E-state index in [-0.39, 0.29) is 0 Å². The van der Waals surface area contributed by atoms with Crippen molar-refractivity contribution in [1.82, 2.24) is 0 Å². The lowest BCUT2D eigenvalue weighted by atomic mass is 10.1. The van der Waals surface area contributed by atoms with Crippen molar-refractivity contribution in [1.29, 1.82) is 0 Å². The molecule has 146 valence electrons. The van der Waals surface area contributed by atoms with Crippen molar-refractivity contribution in [3.8, 4) is 11.5 Å². The van der Waals surface area contributed by atoms with Crippen molar-refractivity contribution in [3.63, 3.8) is 0 Å². The number of benzene rings is 3. The minimum Gasteiger partial charge on any atom is -0.493 e. The van der Waals surface area contributed by atoms with Crippen LogP contribution in [0.3, 0.4) is 0 Å². The zero-order chi connectivity index (χ0) is 20.1. The number of aryl methyl sites for hydroxylation is 1. The summed E-state index contributed by atoms with van der Waals surface area (Å²) in [6, 6.07) is 17.3. The van der Waals surface area contributed by atoms with Crippen molar-refractivity contribution in [2.45, 2.75) is 20.1 Å². The van der Waals surface area contributed by atoms with Gasteiger partial charge in [-0.05, 0) is 48.4 Å². The first kappa shape index (κ1) is 20.8. The van der Waals surface area contributed by atoms with Crippen LogP contribution in [0.4, 0.5) is 5.69 Å². The molecule has 0 unspecified atom stereocenters. The normalized spacial score (nSPS) is 10.6. The van der Waals surface area contributed by atoms with Gasteiger partial charge in [-0.3, -0.25) is 0 Å². The van der Waals surface area contributed by atoms with Gasteiger partial charge in [0, 0.05) is 32.3 Å². The van der Waals surface area contributed by atoms with E-state index < -0.39 is 0 Å². The number of methoxy groups -OCH3 is 1. The number of rotatable bonds is 7. The van der Waals surface area contributed by atoms with Crippen LogP contribution in [0.1, 0.15) is 16.7 Å². The highest BCUT2D eigenvalue weighted by Crippen LogP contribution is 2.37. The van der Waals surface area contributed by atoms with Gasteiger partial charge in [-0.2, -0.15) is 0 Å². The predicted molar refractivity (Wildman–Crippen MR) is 120 cm³/mol. The van der Waals surface area contributed by atoms with Gasteiger partial charge in [-0.25, -0.2) is 0 Å². The van der Waals surface area contributed by atoms with Gasteiger partial charge in [0.1, 0.15) is 6.61 Å². The first-order valence-electron chi connectivity index (χ1n) is 8.70. The molecule has 0 radical (unpaired) electrons. The average molecular weight is 481 g/mol. The van der Waals surface area contributed by atoms with Crippen LogP contribution in [0, 0.1) is 6.92 Å². The van der Waals surface area contributed by atoms with E-state index in [0.717, 1.165) is 21.3 Å². The Hall–Kier alpha value is -1.88. The highest BCUT2D eigenvalue weighted by Gasteiger charge is 2.15. The third-order valence-corrected chi connectivity index (χ3v) is 5.53. The fraction of sp³-hybridized carbons (Fsp3) is 0.182. The van der Waals surface area contributed by atoms with Gasteiger partial charge < -0.3 is 14.8 Å². The SMILES string of the molecule is COc1ccc(Br)c(CNc2cc(Cl)cc(Cl)c2)c1OCc1ccccc1C. The Morgan fingerprint density at radius 2 is 1.71 bits per heavy atom. The molecule has 3 aromatic rings. The second kappa shape index (κ2) is 9.55. The number of hydrogen-bond donors (Lipinski definition) is 1. The summed E-state index contributed by atoms with van der Waals surface area (Å²) >= 11 is 15.8. The molecule has 0 aliphatic heterocycles. The van der Waals surface area contributed by atoms with E-state index in [0.29, 0.717) is 34.7 Å². The highest BCUT2D eigenvalue weighted by molar-refractivity contribution is 9.10. The highest BCUT2D eigenvalue weighted by atomic mass is 79.9. The van der Waals surface area contributed by atoms with Crippen LogP contribution in [0.5, 0.6) is 11.5 Å². The summed E-state index contributed by atoms with van der Waals surface area (Å²) in [6.45, 7) is 3.04. The molecule has 3 nitrogen and oxygen atoms in total. The molecule has 0 fully saturated rings. The third kappa shape index (κ3) is 5.13. The van der Waals surface area contributed by atoms with E-state index in [9.17, 15) is 0 Å². The van der Waals surface area contributed by atoms with E-state index >= 15 is 0 Å². The quantitative estimate of drug-likeness (QED) is 0.385. The molecular formula is C22H20BrCl2NO2. The molecule has 0 aromatic heterocycles. The van der Waals surface area contributed by atoms with Crippen LogP contribution in [0.15, 0.2) is 59.1 Å². The fourth-order valence-corrected chi connectivity index (χ4v) is 3.81. The van der Waals surface area contributed by atoms with Crippen molar-refractivity contribution in [3.05, 3.63) is 85.8 Å². The smallest absolute Gasteiger partial charge is 0.167 e. The van der Waals surface area contributed by atoms with Crippen molar-refractivity contribution < 1.29 is 9.47 Å². The second-order valence-corrected chi connectivity index (χ2v) is 8.01. The molecule has 0 amide bonds. The van der Waals surface area contributed by atoms with Crippen molar-refractivity contribution in [2.75, 3.05) is 12.4 Å². The van der Waals surface area contributed by atoms with Gasteiger partial charge in [-0.1, -0.05) is 63.4 Å². The molecule has 0 aliphatic carbocycles. The average Bonchev–Trinajstić information content (AvgIpc) is 2.66. The number of ether oxygens (including phenoxy) is 2. The lowest BCUT2D eigenvalue weighted by molar-refractivity contribution is 0.281. The topological polar surface area (TPSA) is 30.5 Å². The standard InChI is InChI=1S/C22H20BrCl2NO2/c1-14-5-3-4-6-15(14)13-28-22-19(20(23)7-8-21(22)27-2)12-26-18-10-16(24)9-17(25)11-18/h3-11,26H,12-13H2,1-2H3. The van der Waals surface area contributed by atoms with E-state index in [4.69, 9.17) is 32.7 Å². The molecule has 0 saturated heterocycles. The Morgan fingerprint density at radius 3 is 2.39 bits per heavy atom. The lowest BCUT2D eigenvalue weighted by Gasteiger charge is -2.18.